The maximum Gasteiger partial charge on any atom is 0.196 e. The molecule has 1 aromatic heterocycles. The molecule has 3 heteroatoms. The van der Waals surface area contributed by atoms with Crippen LogP contribution in [0.15, 0.2) is 41.1 Å². The van der Waals surface area contributed by atoms with E-state index in [-0.39, 0.29) is 11.3 Å². The predicted octanol–water partition coefficient (Wildman–Crippen LogP) is 3.12. The third-order valence-corrected chi connectivity index (χ3v) is 2.59. The Bertz CT molecular complexity index is 448. The van der Waals surface area contributed by atoms with Gasteiger partial charge in [-0.1, -0.05) is 12.1 Å². The number of rotatable bonds is 2. The lowest BCUT2D eigenvalue weighted by Gasteiger charge is -1.98. The lowest BCUT2D eigenvalue weighted by atomic mass is 10.1. The fourth-order valence-electron chi connectivity index (χ4n) is 1.19. The van der Waals surface area contributed by atoms with Crippen LogP contribution >= 0.6 is 11.3 Å². The van der Waals surface area contributed by atoms with Gasteiger partial charge in [-0.25, -0.2) is 4.39 Å². The molecule has 1 aromatic carbocycles. The van der Waals surface area contributed by atoms with Crippen molar-refractivity contribution >= 4 is 17.1 Å². The van der Waals surface area contributed by atoms with Gasteiger partial charge in [0.25, 0.3) is 0 Å². The molecule has 0 fully saturated rings. The molecule has 0 aliphatic rings. The molecule has 2 aromatic rings. The quantitative estimate of drug-likeness (QED) is 0.690. The Morgan fingerprint density at radius 1 is 1.21 bits per heavy atom. The molecule has 1 heterocycles. The van der Waals surface area contributed by atoms with E-state index < -0.39 is 5.82 Å². The largest absolute Gasteiger partial charge is 0.288 e. The number of hydrogen-bond donors (Lipinski definition) is 0. The number of carbonyl (C=O) groups excluding carboxylic acids is 1. The lowest BCUT2D eigenvalue weighted by molar-refractivity contribution is 0.103. The number of ketones is 1. The van der Waals surface area contributed by atoms with Crippen LogP contribution in [0.5, 0.6) is 0 Å². The van der Waals surface area contributed by atoms with Gasteiger partial charge in [-0.15, -0.1) is 0 Å². The summed E-state index contributed by atoms with van der Waals surface area (Å²) >= 11 is 1.43. The molecule has 0 radical (unpaired) electrons. The molecule has 0 N–H and O–H groups in total. The third kappa shape index (κ3) is 1.59. The van der Waals surface area contributed by atoms with Crippen molar-refractivity contribution in [1.29, 1.82) is 0 Å². The van der Waals surface area contributed by atoms with Gasteiger partial charge in [0.15, 0.2) is 5.78 Å². The summed E-state index contributed by atoms with van der Waals surface area (Å²) < 4.78 is 13.2. The SMILES string of the molecule is O=C(c1ccsc1)c1ccccc1F. The summed E-state index contributed by atoms with van der Waals surface area (Å²) in [5.41, 5.74) is 0.672. The van der Waals surface area contributed by atoms with Gasteiger partial charge in [-0.3, -0.25) is 4.79 Å². The number of carbonyl (C=O) groups is 1. The van der Waals surface area contributed by atoms with Crippen molar-refractivity contribution < 1.29 is 9.18 Å². The first-order chi connectivity index (χ1) is 6.79. The normalized spacial score (nSPS) is 10.1. The monoisotopic (exact) mass is 206 g/mol. The van der Waals surface area contributed by atoms with Crippen molar-refractivity contribution in [3.63, 3.8) is 0 Å². The van der Waals surface area contributed by atoms with Crippen LogP contribution in [0.4, 0.5) is 4.39 Å². The highest BCUT2D eigenvalue weighted by Gasteiger charge is 2.12. The van der Waals surface area contributed by atoms with Crippen LogP contribution in [0.2, 0.25) is 0 Å². The molecule has 14 heavy (non-hydrogen) atoms. The Hall–Kier alpha value is -1.48. The maximum absolute atomic E-state index is 13.2. The smallest absolute Gasteiger partial charge is 0.196 e. The molecule has 0 aliphatic heterocycles. The van der Waals surface area contributed by atoms with Gasteiger partial charge in [-0.05, 0) is 23.6 Å². The highest BCUT2D eigenvalue weighted by Crippen LogP contribution is 2.15. The van der Waals surface area contributed by atoms with E-state index >= 15 is 0 Å². The summed E-state index contributed by atoms with van der Waals surface area (Å²) in [4.78, 5) is 11.7. The van der Waals surface area contributed by atoms with Crippen LogP contribution in [0, 0.1) is 5.82 Å². The summed E-state index contributed by atoms with van der Waals surface area (Å²) in [6.45, 7) is 0. The zero-order valence-electron chi connectivity index (χ0n) is 7.24. The van der Waals surface area contributed by atoms with E-state index in [2.05, 4.69) is 0 Å². The van der Waals surface area contributed by atoms with Gasteiger partial charge < -0.3 is 0 Å². The first kappa shape index (κ1) is 9.09. The molecular formula is C11H7FOS. The second kappa shape index (κ2) is 3.72. The first-order valence-corrected chi connectivity index (χ1v) is 5.05. The average molecular weight is 206 g/mol. The molecule has 0 amide bonds. The minimum absolute atomic E-state index is 0.130. The summed E-state index contributed by atoms with van der Waals surface area (Å²) in [6.07, 6.45) is 0. The maximum atomic E-state index is 13.2. The topological polar surface area (TPSA) is 17.1 Å². The molecule has 0 spiro atoms. The standard InChI is InChI=1S/C11H7FOS/c12-10-4-2-1-3-9(10)11(13)8-5-6-14-7-8/h1-7H. The van der Waals surface area contributed by atoms with Crippen molar-refractivity contribution in [2.45, 2.75) is 0 Å². The average Bonchev–Trinajstić information content (AvgIpc) is 2.70. The molecule has 0 bridgehead atoms. The van der Waals surface area contributed by atoms with Crippen LogP contribution in [-0.2, 0) is 0 Å². The highest BCUT2D eigenvalue weighted by atomic mass is 32.1. The van der Waals surface area contributed by atoms with Crippen LogP contribution < -0.4 is 0 Å². The van der Waals surface area contributed by atoms with Crippen molar-refractivity contribution in [3.05, 3.63) is 58.0 Å². The molecule has 0 aliphatic carbocycles. The van der Waals surface area contributed by atoms with Crippen LogP contribution in [0.1, 0.15) is 15.9 Å². The molecule has 2 rings (SSSR count). The van der Waals surface area contributed by atoms with E-state index in [4.69, 9.17) is 0 Å². The van der Waals surface area contributed by atoms with Gasteiger partial charge in [0.2, 0.25) is 0 Å². The fourth-order valence-corrected chi connectivity index (χ4v) is 1.83. The minimum atomic E-state index is -0.469. The number of halogens is 1. The van der Waals surface area contributed by atoms with Crippen molar-refractivity contribution in [2.75, 3.05) is 0 Å². The molecular weight excluding hydrogens is 199 g/mol. The Labute approximate surface area is 84.8 Å². The van der Waals surface area contributed by atoms with Gasteiger partial charge >= 0.3 is 0 Å². The first-order valence-electron chi connectivity index (χ1n) is 4.10. The molecule has 0 atom stereocenters. The Morgan fingerprint density at radius 2 is 2.00 bits per heavy atom. The second-order valence-corrected chi connectivity index (χ2v) is 3.60. The van der Waals surface area contributed by atoms with Gasteiger partial charge in [-0.2, -0.15) is 11.3 Å². The van der Waals surface area contributed by atoms with Crippen molar-refractivity contribution in [1.82, 2.24) is 0 Å². The fraction of sp³-hybridized carbons (Fsp3) is 0. The molecule has 1 nitrogen and oxygen atoms in total. The molecule has 0 saturated carbocycles. The van der Waals surface area contributed by atoms with Crippen LogP contribution in [0.3, 0.4) is 0 Å². The van der Waals surface area contributed by atoms with Crippen molar-refractivity contribution in [3.8, 4) is 0 Å². The molecule has 0 saturated heterocycles. The van der Waals surface area contributed by atoms with E-state index in [1.807, 2.05) is 0 Å². The minimum Gasteiger partial charge on any atom is -0.288 e. The molecule has 0 unspecified atom stereocenters. The van der Waals surface area contributed by atoms with Gasteiger partial charge in [0.05, 0.1) is 5.56 Å². The Balaban J connectivity index is 2.42. The van der Waals surface area contributed by atoms with Gasteiger partial charge in [0.1, 0.15) is 5.82 Å². The highest BCUT2D eigenvalue weighted by molar-refractivity contribution is 7.08. The lowest BCUT2D eigenvalue weighted by Crippen LogP contribution is -2.02. The zero-order valence-corrected chi connectivity index (χ0v) is 8.05. The van der Waals surface area contributed by atoms with Crippen LogP contribution in [0.25, 0.3) is 0 Å². The Morgan fingerprint density at radius 3 is 2.64 bits per heavy atom. The second-order valence-electron chi connectivity index (χ2n) is 2.82. The molecule has 70 valence electrons. The predicted molar refractivity (Wildman–Crippen MR) is 54.2 cm³/mol. The summed E-state index contributed by atoms with van der Waals surface area (Å²) in [5.74, 6) is -0.729. The number of hydrogen-bond acceptors (Lipinski definition) is 2. The number of benzene rings is 1. The van der Waals surface area contributed by atoms with Crippen molar-refractivity contribution in [2.24, 2.45) is 0 Å². The summed E-state index contributed by atoms with van der Waals surface area (Å²) in [5, 5.41) is 3.52. The van der Waals surface area contributed by atoms with E-state index in [1.165, 1.54) is 23.5 Å². The number of thiophene rings is 1. The zero-order chi connectivity index (χ0) is 9.97. The summed E-state index contributed by atoms with van der Waals surface area (Å²) in [6, 6.07) is 7.71. The Kier molecular flexibility index (Phi) is 2.41. The van der Waals surface area contributed by atoms with Gasteiger partial charge in [0, 0.05) is 10.9 Å². The van der Waals surface area contributed by atoms with E-state index in [0.29, 0.717) is 5.56 Å². The van der Waals surface area contributed by atoms with E-state index in [1.54, 1.807) is 29.0 Å². The third-order valence-electron chi connectivity index (χ3n) is 1.90. The van der Waals surface area contributed by atoms with E-state index in [0.717, 1.165) is 0 Å². The van der Waals surface area contributed by atoms with E-state index in [9.17, 15) is 9.18 Å². The summed E-state index contributed by atoms with van der Waals surface area (Å²) in [7, 11) is 0. The van der Waals surface area contributed by atoms with Crippen LogP contribution in [-0.4, -0.2) is 5.78 Å².